The number of hydrogen-bond donors (Lipinski definition) is 0. The Balaban J connectivity index is 1.21. The third kappa shape index (κ3) is 4.55. The summed E-state index contributed by atoms with van der Waals surface area (Å²) in [6, 6.07) is 71.9. The maximum Gasteiger partial charge on any atom is 0.185 e. The maximum absolute atomic E-state index is 6.46. The van der Waals surface area contributed by atoms with E-state index < -0.39 is 8.07 Å². The standard InChI is InChI=1S/C52H33N3OSi/c1-4-17-34(18-5-1)52-53-48(51-49(54-52)42-27-12-15-30-46(42)57(51,37-21-6-2-7-22-37)38-23-8-3-9-24-38)35-19-16-20-36(33-35)55-43-28-13-10-25-39(43)40-31-32-45-47(50(40)55)41-26-11-14-29-44(41)56-45/h1-33H. The zero-order valence-corrected chi connectivity index (χ0v) is 31.8. The van der Waals surface area contributed by atoms with Crippen LogP contribution in [0.2, 0.25) is 0 Å². The van der Waals surface area contributed by atoms with Crippen molar-refractivity contribution in [1.29, 1.82) is 0 Å². The minimum atomic E-state index is -2.95. The molecule has 3 aromatic heterocycles. The van der Waals surface area contributed by atoms with Crippen molar-refractivity contribution in [2.45, 2.75) is 0 Å². The lowest BCUT2D eigenvalue weighted by molar-refractivity contribution is 0.669. The highest BCUT2D eigenvalue weighted by Crippen LogP contribution is 2.41. The van der Waals surface area contributed by atoms with Crippen molar-refractivity contribution in [2.24, 2.45) is 0 Å². The molecule has 11 aromatic rings. The highest BCUT2D eigenvalue weighted by molar-refractivity contribution is 7.22. The lowest BCUT2D eigenvalue weighted by Crippen LogP contribution is -2.73. The molecule has 0 amide bonds. The van der Waals surface area contributed by atoms with Gasteiger partial charge in [0, 0.05) is 43.7 Å². The molecule has 0 N–H and O–H groups in total. The van der Waals surface area contributed by atoms with Crippen molar-refractivity contribution in [2.75, 3.05) is 0 Å². The van der Waals surface area contributed by atoms with E-state index in [9.17, 15) is 0 Å². The molecule has 0 fully saturated rings. The first kappa shape index (κ1) is 32.0. The van der Waals surface area contributed by atoms with Crippen molar-refractivity contribution < 1.29 is 4.42 Å². The number of benzene rings is 8. The molecule has 0 radical (unpaired) electrons. The number of fused-ring (bicyclic) bond motifs is 10. The van der Waals surface area contributed by atoms with Crippen molar-refractivity contribution in [1.82, 2.24) is 14.5 Å². The van der Waals surface area contributed by atoms with Gasteiger partial charge in [0.25, 0.3) is 0 Å². The van der Waals surface area contributed by atoms with Crippen molar-refractivity contribution in [3.05, 3.63) is 200 Å². The number of para-hydroxylation sites is 2. The monoisotopic (exact) mass is 743 g/mol. The second kappa shape index (κ2) is 12.3. The highest BCUT2D eigenvalue weighted by atomic mass is 28.3. The first-order valence-electron chi connectivity index (χ1n) is 19.4. The van der Waals surface area contributed by atoms with Gasteiger partial charge >= 0.3 is 0 Å². The van der Waals surface area contributed by atoms with Crippen LogP contribution in [0.15, 0.2) is 205 Å². The van der Waals surface area contributed by atoms with Gasteiger partial charge in [0.15, 0.2) is 13.9 Å². The van der Waals surface area contributed by atoms with Crippen molar-refractivity contribution >= 4 is 72.6 Å². The largest absolute Gasteiger partial charge is 0.456 e. The number of aromatic nitrogens is 3. The van der Waals surface area contributed by atoms with Crippen LogP contribution >= 0.6 is 0 Å². The molecule has 1 aliphatic heterocycles. The fraction of sp³-hybridized carbons (Fsp3) is 0. The summed E-state index contributed by atoms with van der Waals surface area (Å²) in [6.07, 6.45) is 0. The van der Waals surface area contributed by atoms with Crippen LogP contribution in [0.4, 0.5) is 0 Å². The molecule has 5 heteroatoms. The van der Waals surface area contributed by atoms with Crippen LogP contribution in [0, 0.1) is 0 Å². The molecular weight excluding hydrogens is 711 g/mol. The van der Waals surface area contributed by atoms with Gasteiger partial charge in [-0.3, -0.25) is 0 Å². The lowest BCUT2D eigenvalue weighted by Gasteiger charge is -2.32. The topological polar surface area (TPSA) is 43.9 Å². The van der Waals surface area contributed by atoms with E-state index in [0.29, 0.717) is 0 Å². The molecule has 0 bridgehead atoms. The van der Waals surface area contributed by atoms with E-state index in [4.69, 9.17) is 14.4 Å². The van der Waals surface area contributed by atoms with Crippen molar-refractivity contribution in [3.63, 3.8) is 0 Å². The second-order valence-corrected chi connectivity index (χ2v) is 18.5. The minimum Gasteiger partial charge on any atom is -0.456 e. The Hall–Kier alpha value is -7.34. The molecule has 4 heterocycles. The predicted molar refractivity (Wildman–Crippen MR) is 237 cm³/mol. The summed E-state index contributed by atoms with van der Waals surface area (Å²) in [4.78, 5) is 11.2. The van der Waals surface area contributed by atoms with Gasteiger partial charge < -0.3 is 8.98 Å². The van der Waals surface area contributed by atoms with Gasteiger partial charge in [-0.1, -0.05) is 164 Å². The normalized spacial score (nSPS) is 13.1. The Morgan fingerprint density at radius 1 is 0.456 bits per heavy atom. The Morgan fingerprint density at radius 2 is 1.09 bits per heavy atom. The van der Waals surface area contributed by atoms with Gasteiger partial charge in [-0.25, -0.2) is 9.97 Å². The van der Waals surface area contributed by atoms with E-state index in [1.807, 2.05) is 12.1 Å². The van der Waals surface area contributed by atoms with E-state index in [0.717, 1.165) is 67.0 Å². The summed E-state index contributed by atoms with van der Waals surface area (Å²) in [6.45, 7) is 0. The molecule has 0 saturated heterocycles. The molecule has 0 aliphatic carbocycles. The minimum absolute atomic E-state index is 0.721. The van der Waals surface area contributed by atoms with Crippen LogP contribution in [0.25, 0.3) is 83.3 Å². The van der Waals surface area contributed by atoms with Gasteiger partial charge in [-0.05, 0) is 52.0 Å². The average Bonchev–Trinajstić information content (AvgIpc) is 3.94. The van der Waals surface area contributed by atoms with Crippen molar-refractivity contribution in [3.8, 4) is 39.6 Å². The number of rotatable bonds is 5. The summed E-state index contributed by atoms with van der Waals surface area (Å²) in [5.41, 5.74) is 10.3. The lowest BCUT2D eigenvalue weighted by atomic mass is 10.1. The Bertz CT molecular complexity index is 3310. The predicted octanol–water partition coefficient (Wildman–Crippen LogP) is 10.2. The molecular formula is C52H33N3OSi. The van der Waals surface area contributed by atoms with Crippen LogP contribution in [-0.2, 0) is 0 Å². The Morgan fingerprint density at radius 3 is 1.88 bits per heavy atom. The second-order valence-electron chi connectivity index (χ2n) is 14.8. The summed E-state index contributed by atoms with van der Waals surface area (Å²) >= 11 is 0. The fourth-order valence-corrected chi connectivity index (χ4v) is 14.8. The van der Waals surface area contributed by atoms with Gasteiger partial charge in [0.05, 0.1) is 27.8 Å². The third-order valence-electron chi connectivity index (χ3n) is 11.9. The van der Waals surface area contributed by atoms with E-state index >= 15 is 0 Å². The summed E-state index contributed by atoms with van der Waals surface area (Å²) in [5, 5.41) is 9.82. The Kier molecular flexibility index (Phi) is 6.91. The Labute approximate surface area is 330 Å². The maximum atomic E-state index is 6.46. The van der Waals surface area contributed by atoms with Crippen LogP contribution in [-0.4, -0.2) is 22.6 Å². The van der Waals surface area contributed by atoms with E-state index in [1.165, 1.54) is 37.1 Å². The summed E-state index contributed by atoms with van der Waals surface area (Å²) < 4.78 is 8.88. The average molecular weight is 744 g/mol. The zero-order valence-electron chi connectivity index (χ0n) is 30.8. The van der Waals surface area contributed by atoms with Crippen LogP contribution in [0.3, 0.4) is 0 Å². The van der Waals surface area contributed by atoms with Gasteiger partial charge in [0.2, 0.25) is 0 Å². The van der Waals surface area contributed by atoms with Crippen LogP contribution in [0.1, 0.15) is 0 Å². The molecule has 266 valence electrons. The zero-order chi connectivity index (χ0) is 37.5. The third-order valence-corrected chi connectivity index (χ3v) is 16.7. The number of nitrogens with zero attached hydrogens (tertiary/aromatic N) is 3. The van der Waals surface area contributed by atoms with E-state index in [1.54, 1.807) is 0 Å². The number of furan rings is 1. The first-order valence-corrected chi connectivity index (χ1v) is 21.4. The van der Waals surface area contributed by atoms with Crippen LogP contribution in [0.5, 0.6) is 0 Å². The van der Waals surface area contributed by atoms with Gasteiger partial charge in [0.1, 0.15) is 11.2 Å². The molecule has 0 saturated carbocycles. The van der Waals surface area contributed by atoms with Crippen LogP contribution < -0.4 is 20.7 Å². The molecule has 0 unspecified atom stereocenters. The van der Waals surface area contributed by atoms with Gasteiger partial charge in [-0.15, -0.1) is 0 Å². The quantitative estimate of drug-likeness (QED) is 0.165. The molecule has 0 atom stereocenters. The number of hydrogen-bond acceptors (Lipinski definition) is 3. The van der Waals surface area contributed by atoms with Gasteiger partial charge in [-0.2, -0.15) is 0 Å². The molecule has 57 heavy (non-hydrogen) atoms. The first-order chi connectivity index (χ1) is 28.3. The summed E-state index contributed by atoms with van der Waals surface area (Å²) in [7, 11) is -2.95. The van der Waals surface area contributed by atoms with E-state index in [-0.39, 0.29) is 0 Å². The SMILES string of the molecule is c1ccc(-c2nc(-c3cccc(-n4c5ccccc5c5ccc6oc7ccccc7c6c54)c3)c3c(n2)-c2ccccc2[Si]3(c2ccccc2)c2ccccc2)cc1. The molecule has 0 spiro atoms. The molecule has 1 aliphatic rings. The fourth-order valence-electron chi connectivity index (χ4n) is 9.56. The molecule has 12 rings (SSSR count). The molecule has 4 nitrogen and oxygen atoms in total. The van der Waals surface area contributed by atoms with E-state index in [2.05, 4.69) is 193 Å². The molecule has 8 aromatic carbocycles. The summed E-state index contributed by atoms with van der Waals surface area (Å²) in [5.74, 6) is 0.721. The highest BCUT2D eigenvalue weighted by Gasteiger charge is 2.51. The smallest absolute Gasteiger partial charge is 0.185 e.